The maximum atomic E-state index is 12.5. The summed E-state index contributed by atoms with van der Waals surface area (Å²) in [4.78, 5) is 0. The number of halogens is 4. The summed E-state index contributed by atoms with van der Waals surface area (Å²) in [6.45, 7) is 0. The lowest BCUT2D eigenvalue weighted by atomic mass is 10.1. The quantitative estimate of drug-likeness (QED) is 0.852. The molecule has 0 fully saturated rings. The molecule has 78 valence electrons. The van der Waals surface area contributed by atoms with Crippen LogP contribution in [0, 0.1) is 0 Å². The van der Waals surface area contributed by atoms with Gasteiger partial charge in [0.05, 0.1) is 16.1 Å². The zero-order valence-corrected chi connectivity index (χ0v) is 8.91. The molecule has 0 heterocycles. The Labute approximate surface area is 91.0 Å². The Morgan fingerprint density at radius 2 is 1.93 bits per heavy atom. The molecule has 0 aliphatic rings. The van der Waals surface area contributed by atoms with Crippen LogP contribution in [0.4, 0.5) is 8.78 Å². The van der Waals surface area contributed by atoms with E-state index in [4.69, 9.17) is 23.2 Å². The number of benzene rings is 1. The summed E-state index contributed by atoms with van der Waals surface area (Å²) in [7, 11) is 1.45. The van der Waals surface area contributed by atoms with Crippen LogP contribution in [0.15, 0.2) is 18.2 Å². The molecule has 1 aromatic carbocycles. The van der Waals surface area contributed by atoms with Crippen LogP contribution < -0.4 is 5.32 Å². The topological polar surface area (TPSA) is 12.0 Å². The van der Waals surface area contributed by atoms with E-state index in [2.05, 4.69) is 5.32 Å². The highest BCUT2D eigenvalue weighted by atomic mass is 35.5. The van der Waals surface area contributed by atoms with Gasteiger partial charge in [-0.15, -0.1) is 0 Å². The summed E-state index contributed by atoms with van der Waals surface area (Å²) >= 11 is 11.5. The van der Waals surface area contributed by atoms with Crippen LogP contribution in [0.1, 0.15) is 11.6 Å². The van der Waals surface area contributed by atoms with Crippen LogP contribution in [0.5, 0.6) is 0 Å². The highest BCUT2D eigenvalue weighted by Gasteiger charge is 2.23. The Hall–Kier alpha value is -0.380. The molecule has 0 bridgehead atoms. The van der Waals surface area contributed by atoms with Crippen molar-refractivity contribution in [1.29, 1.82) is 0 Å². The van der Waals surface area contributed by atoms with Crippen molar-refractivity contribution in [1.82, 2.24) is 5.32 Å². The van der Waals surface area contributed by atoms with Crippen molar-refractivity contribution < 1.29 is 8.78 Å². The zero-order chi connectivity index (χ0) is 10.7. The minimum Gasteiger partial charge on any atom is -0.308 e. The second-order valence-corrected chi connectivity index (χ2v) is 3.53. The molecule has 0 amide bonds. The zero-order valence-electron chi connectivity index (χ0n) is 7.40. The average molecular weight is 240 g/mol. The fraction of sp³-hybridized carbons (Fsp3) is 0.333. The van der Waals surface area contributed by atoms with E-state index in [9.17, 15) is 8.78 Å². The molecule has 0 radical (unpaired) electrons. The van der Waals surface area contributed by atoms with E-state index in [-0.39, 0.29) is 10.0 Å². The van der Waals surface area contributed by atoms with E-state index >= 15 is 0 Å². The lowest BCUT2D eigenvalue weighted by Gasteiger charge is -2.17. The van der Waals surface area contributed by atoms with Crippen molar-refractivity contribution in [2.45, 2.75) is 12.5 Å². The van der Waals surface area contributed by atoms with E-state index in [0.717, 1.165) is 0 Å². The smallest absolute Gasteiger partial charge is 0.257 e. The number of rotatable bonds is 3. The maximum absolute atomic E-state index is 12.5. The Morgan fingerprint density at radius 1 is 1.29 bits per heavy atom. The molecular formula is C9H9Cl2F2N. The fourth-order valence-electron chi connectivity index (χ4n) is 1.18. The van der Waals surface area contributed by atoms with Crippen molar-refractivity contribution in [2.24, 2.45) is 0 Å². The number of alkyl halides is 2. The van der Waals surface area contributed by atoms with Crippen molar-refractivity contribution in [3.8, 4) is 0 Å². The van der Waals surface area contributed by atoms with E-state index in [1.165, 1.54) is 13.1 Å². The summed E-state index contributed by atoms with van der Waals surface area (Å²) in [5.41, 5.74) is 0.316. The van der Waals surface area contributed by atoms with E-state index in [0.29, 0.717) is 5.56 Å². The molecular weight excluding hydrogens is 231 g/mol. The number of nitrogens with one attached hydrogen (secondary N) is 1. The van der Waals surface area contributed by atoms with E-state index in [1.54, 1.807) is 12.1 Å². The maximum Gasteiger partial charge on any atom is 0.257 e. The van der Waals surface area contributed by atoms with Gasteiger partial charge in [-0.05, 0) is 18.7 Å². The van der Waals surface area contributed by atoms with Gasteiger partial charge in [-0.3, -0.25) is 0 Å². The predicted molar refractivity (Wildman–Crippen MR) is 54.3 cm³/mol. The number of hydrogen-bond acceptors (Lipinski definition) is 1. The molecule has 1 atom stereocenters. The molecule has 5 heteroatoms. The highest BCUT2D eigenvalue weighted by molar-refractivity contribution is 6.42. The number of hydrogen-bond donors (Lipinski definition) is 1. The Balaban J connectivity index is 3.10. The van der Waals surface area contributed by atoms with Gasteiger partial charge in [0.25, 0.3) is 6.43 Å². The van der Waals surface area contributed by atoms with Crippen molar-refractivity contribution >= 4 is 23.2 Å². The molecule has 14 heavy (non-hydrogen) atoms. The molecule has 1 nitrogen and oxygen atoms in total. The highest BCUT2D eigenvalue weighted by Crippen LogP contribution is 2.32. The lowest BCUT2D eigenvalue weighted by Crippen LogP contribution is -2.23. The first-order chi connectivity index (χ1) is 6.57. The molecule has 1 aromatic rings. The van der Waals surface area contributed by atoms with Gasteiger partial charge >= 0.3 is 0 Å². The largest absolute Gasteiger partial charge is 0.308 e. The first-order valence-corrected chi connectivity index (χ1v) is 4.73. The molecule has 0 saturated heterocycles. The molecule has 0 saturated carbocycles. The van der Waals surface area contributed by atoms with Crippen molar-refractivity contribution in [3.05, 3.63) is 33.8 Å². The van der Waals surface area contributed by atoms with Gasteiger partial charge in [0.15, 0.2) is 0 Å². The lowest BCUT2D eigenvalue weighted by molar-refractivity contribution is 0.102. The third-order valence-electron chi connectivity index (χ3n) is 1.88. The second-order valence-electron chi connectivity index (χ2n) is 2.74. The predicted octanol–water partition coefficient (Wildman–Crippen LogP) is 3.52. The minimum absolute atomic E-state index is 0.175. The molecule has 1 rings (SSSR count). The first-order valence-electron chi connectivity index (χ1n) is 3.97. The van der Waals surface area contributed by atoms with E-state index in [1.807, 2.05) is 0 Å². The van der Waals surface area contributed by atoms with Crippen LogP contribution in [0.2, 0.25) is 10.0 Å². The van der Waals surface area contributed by atoms with E-state index < -0.39 is 12.5 Å². The van der Waals surface area contributed by atoms with Crippen molar-refractivity contribution in [2.75, 3.05) is 7.05 Å². The third-order valence-corrected chi connectivity index (χ3v) is 2.71. The molecule has 0 aromatic heterocycles. The van der Waals surface area contributed by atoms with Gasteiger partial charge < -0.3 is 5.32 Å². The third kappa shape index (κ3) is 2.35. The second kappa shape index (κ2) is 4.91. The average Bonchev–Trinajstić information content (AvgIpc) is 2.13. The molecule has 1 N–H and O–H groups in total. The molecule has 0 aliphatic carbocycles. The Kier molecular flexibility index (Phi) is 4.11. The van der Waals surface area contributed by atoms with Crippen molar-refractivity contribution in [3.63, 3.8) is 0 Å². The van der Waals surface area contributed by atoms with Gasteiger partial charge in [0.2, 0.25) is 0 Å². The summed E-state index contributed by atoms with van der Waals surface area (Å²) in [5, 5.41) is 2.95. The monoisotopic (exact) mass is 239 g/mol. The summed E-state index contributed by atoms with van der Waals surface area (Å²) < 4.78 is 25.1. The van der Waals surface area contributed by atoms with Crippen LogP contribution in [0.3, 0.4) is 0 Å². The minimum atomic E-state index is -2.52. The Morgan fingerprint density at radius 3 is 2.43 bits per heavy atom. The van der Waals surface area contributed by atoms with Crippen LogP contribution in [-0.2, 0) is 0 Å². The Bertz CT molecular complexity index is 318. The summed E-state index contributed by atoms with van der Waals surface area (Å²) in [5.74, 6) is 0. The molecule has 1 unspecified atom stereocenters. The SMILES string of the molecule is CNC(c1cccc(Cl)c1Cl)C(F)F. The van der Waals surface area contributed by atoms with Crippen LogP contribution in [-0.4, -0.2) is 13.5 Å². The standard InChI is InChI=1S/C9H9Cl2F2N/c1-14-8(9(12)13)5-3-2-4-6(10)7(5)11/h2-4,8-9,14H,1H3. The summed E-state index contributed by atoms with van der Waals surface area (Å²) in [6.07, 6.45) is -2.52. The van der Waals surface area contributed by atoms with Crippen LogP contribution >= 0.6 is 23.2 Å². The fourth-order valence-corrected chi connectivity index (χ4v) is 1.60. The van der Waals surface area contributed by atoms with Gasteiger partial charge in [-0.1, -0.05) is 35.3 Å². The summed E-state index contributed by atoms with van der Waals surface area (Å²) in [6, 6.07) is 3.60. The molecule has 0 aliphatic heterocycles. The van der Waals surface area contributed by atoms with Gasteiger partial charge in [0, 0.05) is 0 Å². The van der Waals surface area contributed by atoms with Crippen LogP contribution in [0.25, 0.3) is 0 Å². The first kappa shape index (κ1) is 11.7. The normalized spacial score (nSPS) is 13.3. The van der Waals surface area contributed by atoms with Gasteiger partial charge in [-0.2, -0.15) is 0 Å². The van der Waals surface area contributed by atoms with Gasteiger partial charge in [-0.25, -0.2) is 8.78 Å². The molecule has 0 spiro atoms. The van der Waals surface area contributed by atoms with Gasteiger partial charge in [0.1, 0.15) is 0 Å².